The van der Waals surface area contributed by atoms with Gasteiger partial charge in [-0.1, -0.05) is 0 Å². The van der Waals surface area contributed by atoms with Gasteiger partial charge in [0.15, 0.2) is 11.5 Å². The molecule has 0 atom stereocenters. The van der Waals surface area contributed by atoms with E-state index in [2.05, 4.69) is 4.98 Å². The topological polar surface area (TPSA) is 57.4 Å². The van der Waals surface area contributed by atoms with Gasteiger partial charge in [0, 0.05) is 12.3 Å². The lowest BCUT2D eigenvalue weighted by Gasteiger charge is -2.14. The highest BCUT2D eigenvalue weighted by atomic mass is 19.1. The first kappa shape index (κ1) is 13.1. The molecular formula is C14H15FN2O2. The number of anilines is 1. The van der Waals surface area contributed by atoms with Crippen LogP contribution in [-0.2, 0) is 0 Å². The zero-order chi connectivity index (χ0) is 13.8. The Morgan fingerprint density at radius 3 is 2.74 bits per heavy atom. The number of halogens is 1. The van der Waals surface area contributed by atoms with E-state index in [1.54, 1.807) is 18.3 Å². The van der Waals surface area contributed by atoms with Gasteiger partial charge in [-0.15, -0.1) is 0 Å². The molecule has 0 fully saturated rings. The minimum atomic E-state index is -0.425. The molecule has 0 saturated carbocycles. The largest absolute Gasteiger partial charge is 0.485 e. The third kappa shape index (κ3) is 3.34. The quantitative estimate of drug-likeness (QED) is 0.858. The molecule has 1 aromatic carbocycles. The van der Waals surface area contributed by atoms with Crippen molar-refractivity contribution in [1.29, 1.82) is 0 Å². The molecular weight excluding hydrogens is 247 g/mol. The Balaban J connectivity index is 2.30. The molecule has 100 valence electrons. The van der Waals surface area contributed by atoms with Gasteiger partial charge in [-0.05, 0) is 38.1 Å². The number of rotatable bonds is 4. The van der Waals surface area contributed by atoms with Gasteiger partial charge in [-0.2, -0.15) is 0 Å². The maximum Gasteiger partial charge on any atom is 0.262 e. The van der Waals surface area contributed by atoms with Crippen molar-refractivity contribution in [3.05, 3.63) is 42.3 Å². The molecule has 0 unspecified atom stereocenters. The third-order valence-electron chi connectivity index (χ3n) is 2.28. The molecule has 1 heterocycles. The Kier molecular flexibility index (Phi) is 3.85. The number of nitrogens with two attached hydrogens (primary N) is 1. The predicted molar refractivity (Wildman–Crippen MR) is 70.9 cm³/mol. The fourth-order valence-electron chi connectivity index (χ4n) is 1.50. The minimum Gasteiger partial charge on any atom is -0.485 e. The van der Waals surface area contributed by atoms with Gasteiger partial charge >= 0.3 is 0 Å². The molecule has 0 bridgehead atoms. The second-order valence-electron chi connectivity index (χ2n) is 4.26. The van der Waals surface area contributed by atoms with Crippen LogP contribution in [0.4, 0.5) is 10.1 Å². The normalized spacial score (nSPS) is 10.5. The van der Waals surface area contributed by atoms with E-state index in [-0.39, 0.29) is 17.7 Å². The molecule has 0 aliphatic heterocycles. The highest BCUT2D eigenvalue weighted by Gasteiger charge is 2.11. The number of aromatic nitrogens is 1. The number of pyridine rings is 1. The van der Waals surface area contributed by atoms with Crippen molar-refractivity contribution in [2.75, 3.05) is 5.73 Å². The number of hydrogen-bond acceptors (Lipinski definition) is 4. The Bertz CT molecular complexity index is 573. The third-order valence-corrected chi connectivity index (χ3v) is 2.28. The summed E-state index contributed by atoms with van der Waals surface area (Å²) in [5.74, 6) is 0.536. The first-order valence-electron chi connectivity index (χ1n) is 5.91. The average Bonchev–Trinajstić information content (AvgIpc) is 2.35. The molecule has 2 rings (SSSR count). The predicted octanol–water partition coefficient (Wildman–Crippen LogP) is 3.38. The number of benzene rings is 1. The standard InChI is InChI=1S/C14H15FN2O2/c1-9(2)18-12-4-3-7-17-14(12)19-13-8-10(15)5-6-11(13)16/h3-9H,16H2,1-2H3. The van der Waals surface area contributed by atoms with E-state index in [0.29, 0.717) is 11.4 Å². The van der Waals surface area contributed by atoms with Gasteiger partial charge in [0.05, 0.1) is 11.8 Å². The summed E-state index contributed by atoms with van der Waals surface area (Å²) < 4.78 is 24.3. The molecule has 0 radical (unpaired) electrons. The van der Waals surface area contributed by atoms with E-state index in [9.17, 15) is 4.39 Å². The van der Waals surface area contributed by atoms with Crippen molar-refractivity contribution in [2.45, 2.75) is 20.0 Å². The number of nitrogen functional groups attached to an aromatic ring is 1. The second kappa shape index (κ2) is 5.56. The molecule has 2 N–H and O–H groups in total. The van der Waals surface area contributed by atoms with Crippen LogP contribution in [0.15, 0.2) is 36.5 Å². The van der Waals surface area contributed by atoms with Gasteiger partial charge in [-0.3, -0.25) is 0 Å². The molecule has 1 aromatic heterocycles. The van der Waals surface area contributed by atoms with Gasteiger partial charge in [0.25, 0.3) is 5.88 Å². The second-order valence-corrected chi connectivity index (χ2v) is 4.26. The van der Waals surface area contributed by atoms with Gasteiger partial charge in [0.1, 0.15) is 5.82 Å². The zero-order valence-electron chi connectivity index (χ0n) is 10.8. The molecule has 5 heteroatoms. The molecule has 2 aromatic rings. The van der Waals surface area contributed by atoms with Crippen LogP contribution in [0.1, 0.15) is 13.8 Å². The zero-order valence-corrected chi connectivity index (χ0v) is 10.8. The Labute approximate surface area is 111 Å². The first-order valence-corrected chi connectivity index (χ1v) is 5.91. The van der Waals surface area contributed by atoms with E-state index < -0.39 is 5.82 Å². The van der Waals surface area contributed by atoms with Crippen molar-refractivity contribution in [3.8, 4) is 17.4 Å². The van der Waals surface area contributed by atoms with Crippen LogP contribution in [0.5, 0.6) is 17.4 Å². The summed E-state index contributed by atoms with van der Waals surface area (Å²) in [7, 11) is 0. The van der Waals surface area contributed by atoms with E-state index in [0.717, 1.165) is 0 Å². The van der Waals surface area contributed by atoms with Crippen molar-refractivity contribution in [3.63, 3.8) is 0 Å². The minimum absolute atomic E-state index is 0.0172. The summed E-state index contributed by atoms with van der Waals surface area (Å²) in [4.78, 5) is 4.07. The van der Waals surface area contributed by atoms with Gasteiger partial charge in [0.2, 0.25) is 0 Å². The Morgan fingerprint density at radius 1 is 1.21 bits per heavy atom. The van der Waals surface area contributed by atoms with Gasteiger partial charge < -0.3 is 15.2 Å². The van der Waals surface area contributed by atoms with Crippen LogP contribution in [0.3, 0.4) is 0 Å². The lowest BCUT2D eigenvalue weighted by molar-refractivity contribution is 0.231. The number of nitrogens with zero attached hydrogens (tertiary/aromatic N) is 1. The van der Waals surface area contributed by atoms with Crippen molar-refractivity contribution in [2.24, 2.45) is 0 Å². The fourth-order valence-corrected chi connectivity index (χ4v) is 1.50. The molecule has 0 amide bonds. The lowest BCUT2D eigenvalue weighted by atomic mass is 10.3. The summed E-state index contributed by atoms with van der Waals surface area (Å²) in [6, 6.07) is 7.39. The first-order chi connectivity index (χ1) is 9.06. The van der Waals surface area contributed by atoms with Crippen molar-refractivity contribution >= 4 is 5.69 Å². The maximum atomic E-state index is 13.2. The lowest BCUT2D eigenvalue weighted by Crippen LogP contribution is -2.07. The maximum absolute atomic E-state index is 13.2. The van der Waals surface area contributed by atoms with Crippen LogP contribution in [0.25, 0.3) is 0 Å². The molecule has 0 saturated heterocycles. The Morgan fingerprint density at radius 2 is 2.00 bits per heavy atom. The molecule has 0 spiro atoms. The highest BCUT2D eigenvalue weighted by Crippen LogP contribution is 2.32. The number of ether oxygens (including phenoxy) is 2. The van der Waals surface area contributed by atoms with Crippen molar-refractivity contribution < 1.29 is 13.9 Å². The van der Waals surface area contributed by atoms with Crippen LogP contribution >= 0.6 is 0 Å². The summed E-state index contributed by atoms with van der Waals surface area (Å²) in [5.41, 5.74) is 6.06. The van der Waals surface area contributed by atoms with Crippen LogP contribution in [-0.4, -0.2) is 11.1 Å². The SMILES string of the molecule is CC(C)Oc1cccnc1Oc1cc(F)ccc1N. The molecule has 4 nitrogen and oxygen atoms in total. The summed E-state index contributed by atoms with van der Waals surface area (Å²) in [6.07, 6.45) is 1.55. The van der Waals surface area contributed by atoms with E-state index in [1.807, 2.05) is 13.8 Å². The smallest absolute Gasteiger partial charge is 0.262 e. The van der Waals surface area contributed by atoms with Crippen molar-refractivity contribution in [1.82, 2.24) is 4.98 Å². The van der Waals surface area contributed by atoms with Crippen LogP contribution < -0.4 is 15.2 Å². The summed E-state index contributed by atoms with van der Waals surface area (Å²) >= 11 is 0. The Hall–Kier alpha value is -2.30. The molecule has 0 aliphatic rings. The highest BCUT2D eigenvalue weighted by molar-refractivity contribution is 5.54. The molecule has 0 aliphatic carbocycles. The molecule has 19 heavy (non-hydrogen) atoms. The monoisotopic (exact) mass is 262 g/mol. The van der Waals surface area contributed by atoms with Crippen LogP contribution in [0, 0.1) is 5.82 Å². The average molecular weight is 262 g/mol. The fraction of sp³-hybridized carbons (Fsp3) is 0.214. The van der Waals surface area contributed by atoms with Crippen LogP contribution in [0.2, 0.25) is 0 Å². The van der Waals surface area contributed by atoms with E-state index in [4.69, 9.17) is 15.2 Å². The van der Waals surface area contributed by atoms with E-state index in [1.165, 1.54) is 18.2 Å². The number of hydrogen-bond donors (Lipinski definition) is 1. The van der Waals surface area contributed by atoms with E-state index >= 15 is 0 Å². The van der Waals surface area contributed by atoms with Gasteiger partial charge in [-0.25, -0.2) is 9.37 Å². The summed E-state index contributed by atoms with van der Waals surface area (Å²) in [5, 5.41) is 0. The summed E-state index contributed by atoms with van der Waals surface area (Å²) in [6.45, 7) is 3.79.